The third kappa shape index (κ3) is 5.37. The van der Waals surface area contributed by atoms with E-state index in [1.807, 2.05) is 47.2 Å². The van der Waals surface area contributed by atoms with Crippen molar-refractivity contribution < 1.29 is 9.59 Å². The third-order valence-electron chi connectivity index (χ3n) is 5.61. The smallest absolute Gasteiger partial charge is 0.265 e. The highest BCUT2D eigenvalue weighted by molar-refractivity contribution is 7.12. The molecule has 1 atom stereocenters. The molecule has 31 heavy (non-hydrogen) atoms. The molecule has 0 bridgehead atoms. The summed E-state index contributed by atoms with van der Waals surface area (Å²) in [5, 5.41) is 7.57. The quantitative estimate of drug-likeness (QED) is 0.439. The highest BCUT2D eigenvalue weighted by atomic mass is 35.5. The van der Waals surface area contributed by atoms with Crippen LogP contribution in [0.3, 0.4) is 0 Å². The summed E-state index contributed by atoms with van der Waals surface area (Å²) in [6.07, 6.45) is 5.40. The average molecular weight is 473 g/mol. The van der Waals surface area contributed by atoms with Crippen molar-refractivity contribution in [2.45, 2.75) is 50.7 Å². The molecule has 3 aromatic rings. The summed E-state index contributed by atoms with van der Waals surface area (Å²) in [4.78, 5) is 30.5. The Kier molecular flexibility index (Phi) is 7.43. The molecule has 1 saturated carbocycles. The molecule has 0 unspecified atom stereocenters. The summed E-state index contributed by atoms with van der Waals surface area (Å²) >= 11 is 9.51. The van der Waals surface area contributed by atoms with Crippen LogP contribution in [0.4, 0.5) is 0 Å². The number of thiophene rings is 2. The van der Waals surface area contributed by atoms with Crippen LogP contribution in [-0.2, 0) is 11.3 Å². The maximum atomic E-state index is 13.7. The minimum absolute atomic E-state index is 0.145. The number of rotatable bonds is 7. The summed E-state index contributed by atoms with van der Waals surface area (Å²) in [5.74, 6) is -0.325. The number of nitrogens with zero attached hydrogens (tertiary/aromatic N) is 1. The number of carbonyl (C=O) groups is 2. The summed E-state index contributed by atoms with van der Waals surface area (Å²) < 4.78 is 0. The van der Waals surface area contributed by atoms with E-state index in [0.717, 1.165) is 30.6 Å². The van der Waals surface area contributed by atoms with Gasteiger partial charge in [0, 0.05) is 21.5 Å². The first-order chi connectivity index (χ1) is 15.1. The van der Waals surface area contributed by atoms with E-state index in [0.29, 0.717) is 22.0 Å². The lowest BCUT2D eigenvalue weighted by Gasteiger charge is -2.33. The monoisotopic (exact) mass is 472 g/mol. The lowest BCUT2D eigenvalue weighted by atomic mass is 9.94. The molecule has 2 heterocycles. The number of hydrogen-bond donors (Lipinski definition) is 1. The molecule has 1 aliphatic carbocycles. The van der Waals surface area contributed by atoms with E-state index in [-0.39, 0.29) is 17.9 Å². The Morgan fingerprint density at radius 1 is 1.00 bits per heavy atom. The van der Waals surface area contributed by atoms with E-state index < -0.39 is 6.04 Å². The largest absolute Gasteiger partial charge is 0.351 e. The minimum Gasteiger partial charge on any atom is -0.351 e. The van der Waals surface area contributed by atoms with E-state index in [4.69, 9.17) is 11.6 Å². The SMILES string of the molecule is O=C(NC1CCCCC1)[C@@H](c1ccccc1Cl)N(Cc1cccs1)C(=O)c1cccs1. The molecule has 0 saturated heterocycles. The number of hydrogen-bond acceptors (Lipinski definition) is 4. The molecular weight excluding hydrogens is 448 g/mol. The van der Waals surface area contributed by atoms with Crippen LogP contribution < -0.4 is 5.32 Å². The summed E-state index contributed by atoms with van der Waals surface area (Å²) in [6.45, 7) is 0.350. The predicted molar refractivity (Wildman–Crippen MR) is 128 cm³/mol. The summed E-state index contributed by atoms with van der Waals surface area (Å²) in [5.41, 5.74) is 0.652. The van der Waals surface area contributed by atoms with E-state index in [2.05, 4.69) is 5.32 Å². The van der Waals surface area contributed by atoms with Gasteiger partial charge in [0.25, 0.3) is 5.91 Å². The Balaban J connectivity index is 1.72. The van der Waals surface area contributed by atoms with Crippen molar-refractivity contribution in [1.29, 1.82) is 0 Å². The molecule has 0 spiro atoms. The first kappa shape index (κ1) is 22.1. The number of carbonyl (C=O) groups excluding carboxylic acids is 2. The molecule has 2 aromatic heterocycles. The zero-order valence-corrected chi connectivity index (χ0v) is 19.5. The van der Waals surface area contributed by atoms with Crippen molar-refractivity contribution >= 4 is 46.1 Å². The van der Waals surface area contributed by atoms with Crippen LogP contribution in [-0.4, -0.2) is 22.8 Å². The Morgan fingerprint density at radius 2 is 1.74 bits per heavy atom. The molecule has 4 nitrogen and oxygen atoms in total. The minimum atomic E-state index is -0.799. The first-order valence-corrected chi connectivity index (χ1v) is 12.7. The van der Waals surface area contributed by atoms with Gasteiger partial charge in [0.1, 0.15) is 6.04 Å². The van der Waals surface area contributed by atoms with E-state index in [9.17, 15) is 9.59 Å². The van der Waals surface area contributed by atoms with Gasteiger partial charge in [0.2, 0.25) is 5.91 Å². The second kappa shape index (κ2) is 10.4. The number of benzene rings is 1. The third-order valence-corrected chi connectivity index (χ3v) is 7.67. The summed E-state index contributed by atoms with van der Waals surface area (Å²) in [7, 11) is 0. The van der Waals surface area contributed by atoms with Crippen LogP contribution in [0, 0.1) is 0 Å². The van der Waals surface area contributed by atoms with Gasteiger partial charge < -0.3 is 10.2 Å². The fraction of sp³-hybridized carbons (Fsp3) is 0.333. The van der Waals surface area contributed by atoms with Gasteiger partial charge in [-0.1, -0.05) is 61.2 Å². The predicted octanol–water partition coefficient (Wildman–Crippen LogP) is 6.30. The van der Waals surface area contributed by atoms with Crippen molar-refractivity contribution in [2.75, 3.05) is 0 Å². The molecule has 4 rings (SSSR count). The van der Waals surface area contributed by atoms with Gasteiger partial charge in [0.05, 0.1) is 11.4 Å². The van der Waals surface area contributed by atoms with E-state index >= 15 is 0 Å². The molecule has 1 aliphatic rings. The molecule has 7 heteroatoms. The van der Waals surface area contributed by atoms with Gasteiger partial charge in [-0.3, -0.25) is 9.59 Å². The fourth-order valence-electron chi connectivity index (χ4n) is 4.07. The molecule has 0 aliphatic heterocycles. The summed E-state index contributed by atoms with van der Waals surface area (Å²) in [6, 6.07) is 14.3. The van der Waals surface area contributed by atoms with Crippen LogP contribution in [0.25, 0.3) is 0 Å². The second-order valence-corrected chi connectivity index (χ2v) is 10.1. The van der Waals surface area contributed by atoms with Crippen molar-refractivity contribution in [3.05, 3.63) is 79.6 Å². The van der Waals surface area contributed by atoms with Gasteiger partial charge >= 0.3 is 0 Å². The van der Waals surface area contributed by atoms with Crippen molar-refractivity contribution in [2.24, 2.45) is 0 Å². The Bertz CT molecular complexity index is 999. The highest BCUT2D eigenvalue weighted by Crippen LogP contribution is 2.32. The maximum absolute atomic E-state index is 13.7. The van der Waals surface area contributed by atoms with Crippen LogP contribution in [0.15, 0.2) is 59.3 Å². The molecule has 2 amide bonds. The highest BCUT2D eigenvalue weighted by Gasteiger charge is 2.35. The molecule has 162 valence electrons. The number of amides is 2. The van der Waals surface area contributed by atoms with Crippen LogP contribution in [0.1, 0.15) is 58.3 Å². The topological polar surface area (TPSA) is 49.4 Å². The second-order valence-electron chi connectivity index (χ2n) is 7.76. The van der Waals surface area contributed by atoms with Gasteiger partial charge in [0.15, 0.2) is 0 Å². The van der Waals surface area contributed by atoms with Crippen molar-refractivity contribution in [3.8, 4) is 0 Å². The lowest BCUT2D eigenvalue weighted by Crippen LogP contribution is -2.46. The first-order valence-electron chi connectivity index (χ1n) is 10.5. The Morgan fingerprint density at radius 3 is 2.42 bits per heavy atom. The van der Waals surface area contributed by atoms with Crippen molar-refractivity contribution in [3.63, 3.8) is 0 Å². The number of nitrogens with one attached hydrogen (secondary N) is 1. The van der Waals surface area contributed by atoms with Gasteiger partial charge in [-0.25, -0.2) is 0 Å². The van der Waals surface area contributed by atoms with Crippen molar-refractivity contribution in [1.82, 2.24) is 10.2 Å². The molecule has 1 aromatic carbocycles. The zero-order chi connectivity index (χ0) is 21.6. The average Bonchev–Trinajstić information content (AvgIpc) is 3.49. The lowest BCUT2D eigenvalue weighted by molar-refractivity contribution is -0.127. The van der Waals surface area contributed by atoms with Gasteiger partial charge in [-0.2, -0.15) is 0 Å². The Labute approximate surface area is 195 Å². The fourth-order valence-corrected chi connectivity index (χ4v) is 5.69. The van der Waals surface area contributed by atoms with Crippen LogP contribution >= 0.6 is 34.3 Å². The number of halogens is 1. The van der Waals surface area contributed by atoms with Gasteiger partial charge in [-0.15, -0.1) is 22.7 Å². The van der Waals surface area contributed by atoms with E-state index in [1.165, 1.54) is 17.8 Å². The molecule has 1 fully saturated rings. The normalized spacial score (nSPS) is 15.4. The zero-order valence-electron chi connectivity index (χ0n) is 17.1. The maximum Gasteiger partial charge on any atom is 0.265 e. The standard InChI is InChI=1S/C24H25ClN2O2S2/c25-20-12-5-4-11-19(20)22(23(28)26-17-8-2-1-3-9-17)27(16-18-10-6-14-30-18)24(29)21-13-7-15-31-21/h4-7,10-15,17,22H,1-3,8-9,16H2,(H,26,28)/t22-/m1/s1. The Hall–Kier alpha value is -2.15. The molecule has 1 N–H and O–H groups in total. The van der Waals surface area contributed by atoms with Crippen LogP contribution in [0.5, 0.6) is 0 Å². The van der Waals surface area contributed by atoms with Gasteiger partial charge in [-0.05, 0) is 41.8 Å². The van der Waals surface area contributed by atoms with E-state index in [1.54, 1.807) is 28.4 Å². The molecule has 0 radical (unpaired) electrons. The molecular formula is C24H25ClN2O2S2. The van der Waals surface area contributed by atoms with Crippen LogP contribution in [0.2, 0.25) is 5.02 Å².